The topological polar surface area (TPSA) is 59.0 Å². The number of hydrogen-bond acceptors (Lipinski definition) is 4. The summed E-state index contributed by atoms with van der Waals surface area (Å²) >= 11 is 0. The molecule has 0 fully saturated rings. The van der Waals surface area contributed by atoms with Gasteiger partial charge in [0.2, 0.25) is 0 Å². The molecule has 1 atom stereocenters. The van der Waals surface area contributed by atoms with E-state index in [1.54, 1.807) is 19.1 Å². The molecule has 1 aromatic heterocycles. The third-order valence-corrected chi connectivity index (χ3v) is 3.08. The molecule has 1 aromatic carbocycles. The van der Waals surface area contributed by atoms with Crippen LogP contribution in [-0.4, -0.2) is 11.8 Å². The van der Waals surface area contributed by atoms with Gasteiger partial charge in [0, 0.05) is 12.0 Å². The van der Waals surface area contributed by atoms with Gasteiger partial charge in [0.15, 0.2) is 0 Å². The maximum Gasteiger partial charge on any atom is 0.138 e. The van der Waals surface area contributed by atoms with Gasteiger partial charge in [-0.05, 0) is 38.1 Å². The van der Waals surface area contributed by atoms with E-state index < -0.39 is 0 Å². The second-order valence-corrected chi connectivity index (χ2v) is 4.51. The molecule has 0 saturated carbocycles. The zero-order valence-corrected chi connectivity index (χ0v) is 11.4. The van der Waals surface area contributed by atoms with Crippen molar-refractivity contribution in [2.45, 2.75) is 26.2 Å². The van der Waals surface area contributed by atoms with Crippen molar-refractivity contribution < 1.29 is 13.7 Å². The van der Waals surface area contributed by atoms with Crippen LogP contribution in [0.4, 0.5) is 4.39 Å². The second kappa shape index (κ2) is 6.20. The third kappa shape index (κ3) is 3.15. The van der Waals surface area contributed by atoms with Gasteiger partial charge >= 0.3 is 0 Å². The van der Waals surface area contributed by atoms with Gasteiger partial charge in [0.25, 0.3) is 0 Å². The van der Waals surface area contributed by atoms with Gasteiger partial charge < -0.3 is 9.26 Å². The summed E-state index contributed by atoms with van der Waals surface area (Å²) in [5.74, 6) is 0.627. The van der Waals surface area contributed by atoms with Gasteiger partial charge in [-0.3, -0.25) is 0 Å². The quantitative estimate of drug-likeness (QED) is 0.837. The number of nitriles is 1. The van der Waals surface area contributed by atoms with Crippen molar-refractivity contribution in [1.29, 1.82) is 5.26 Å². The number of ether oxygens (including phenoxy) is 1. The Morgan fingerprint density at radius 1 is 1.35 bits per heavy atom. The number of benzene rings is 1. The van der Waals surface area contributed by atoms with Crippen molar-refractivity contribution in [1.82, 2.24) is 5.16 Å². The molecule has 0 amide bonds. The highest BCUT2D eigenvalue weighted by Gasteiger charge is 2.20. The van der Waals surface area contributed by atoms with Crippen LogP contribution in [0.15, 0.2) is 28.8 Å². The average Bonchev–Trinajstić information content (AvgIpc) is 2.77. The fourth-order valence-electron chi connectivity index (χ4n) is 2.09. The molecule has 0 bridgehead atoms. The normalized spacial score (nSPS) is 11.9. The fourth-order valence-corrected chi connectivity index (χ4v) is 2.09. The summed E-state index contributed by atoms with van der Waals surface area (Å²) in [4.78, 5) is 0. The third-order valence-electron chi connectivity index (χ3n) is 3.08. The molecular formula is C15H15FN2O2. The molecule has 5 heteroatoms. The van der Waals surface area contributed by atoms with Crippen LogP contribution in [0.5, 0.6) is 5.75 Å². The van der Waals surface area contributed by atoms with Crippen LogP contribution in [0.2, 0.25) is 0 Å². The van der Waals surface area contributed by atoms with Crippen molar-refractivity contribution >= 4 is 0 Å². The van der Waals surface area contributed by atoms with Crippen molar-refractivity contribution in [3.8, 4) is 11.8 Å². The minimum absolute atomic E-state index is 0.303. The van der Waals surface area contributed by atoms with Gasteiger partial charge in [-0.1, -0.05) is 5.16 Å². The Morgan fingerprint density at radius 3 is 2.60 bits per heavy atom. The summed E-state index contributed by atoms with van der Waals surface area (Å²) in [7, 11) is 0. The lowest BCUT2D eigenvalue weighted by Crippen LogP contribution is -2.06. The molecule has 0 aliphatic carbocycles. The largest absolute Gasteiger partial charge is 0.494 e. The summed E-state index contributed by atoms with van der Waals surface area (Å²) in [6.45, 7) is 3.98. The van der Waals surface area contributed by atoms with E-state index in [4.69, 9.17) is 9.26 Å². The van der Waals surface area contributed by atoms with E-state index in [0.717, 1.165) is 11.3 Å². The second-order valence-electron chi connectivity index (χ2n) is 4.51. The highest BCUT2D eigenvalue weighted by Crippen LogP contribution is 2.26. The Labute approximate surface area is 116 Å². The molecule has 2 rings (SSSR count). The molecule has 0 N–H and O–H groups in total. The first kappa shape index (κ1) is 14.1. The van der Waals surface area contributed by atoms with Crippen LogP contribution in [-0.2, 0) is 0 Å². The standard InChI is InChI=1S/C15H15FN2O2/c1-10-15(11(2)20-18-10)12(9-17)7-8-19-14-5-3-13(16)4-6-14/h3-6,12H,7-8H2,1-2H3. The number of aromatic nitrogens is 1. The number of aryl methyl sites for hydroxylation is 2. The van der Waals surface area contributed by atoms with Crippen molar-refractivity contribution in [2.24, 2.45) is 0 Å². The Hall–Kier alpha value is -2.35. The van der Waals surface area contributed by atoms with Gasteiger partial charge in [-0.25, -0.2) is 4.39 Å². The predicted molar refractivity (Wildman–Crippen MR) is 70.8 cm³/mol. The van der Waals surface area contributed by atoms with Crippen molar-refractivity contribution in [3.05, 3.63) is 47.1 Å². The van der Waals surface area contributed by atoms with Gasteiger partial charge in [0.1, 0.15) is 17.3 Å². The maximum absolute atomic E-state index is 12.8. The Balaban J connectivity index is 1.95. The predicted octanol–water partition coefficient (Wildman–Crippen LogP) is 3.51. The zero-order chi connectivity index (χ0) is 14.5. The summed E-state index contributed by atoms with van der Waals surface area (Å²) in [6, 6.07) is 8.04. The molecular weight excluding hydrogens is 259 g/mol. The molecule has 4 nitrogen and oxygen atoms in total. The highest BCUT2D eigenvalue weighted by molar-refractivity contribution is 5.30. The van der Waals surface area contributed by atoms with Crippen LogP contribution in [0.1, 0.15) is 29.4 Å². The van der Waals surface area contributed by atoms with Crippen LogP contribution >= 0.6 is 0 Å². The molecule has 2 aromatic rings. The van der Waals surface area contributed by atoms with E-state index >= 15 is 0 Å². The molecule has 0 aliphatic rings. The van der Waals surface area contributed by atoms with E-state index in [2.05, 4.69) is 11.2 Å². The lowest BCUT2D eigenvalue weighted by molar-refractivity contribution is 0.305. The molecule has 1 unspecified atom stereocenters. The van der Waals surface area contributed by atoms with E-state index in [1.807, 2.05) is 6.92 Å². The van der Waals surface area contributed by atoms with Crippen LogP contribution in [0.25, 0.3) is 0 Å². The number of nitrogens with zero attached hydrogens (tertiary/aromatic N) is 2. The summed E-state index contributed by atoms with van der Waals surface area (Å²) in [5.41, 5.74) is 1.56. The first-order chi connectivity index (χ1) is 9.61. The molecule has 0 radical (unpaired) electrons. The minimum Gasteiger partial charge on any atom is -0.494 e. The summed E-state index contributed by atoms with van der Waals surface area (Å²) in [5, 5.41) is 13.1. The van der Waals surface area contributed by atoms with Crippen molar-refractivity contribution in [3.63, 3.8) is 0 Å². The Bertz CT molecular complexity index is 594. The lowest BCUT2D eigenvalue weighted by Gasteiger charge is -2.10. The molecule has 0 spiro atoms. The lowest BCUT2D eigenvalue weighted by atomic mass is 9.96. The molecule has 20 heavy (non-hydrogen) atoms. The molecule has 104 valence electrons. The number of rotatable bonds is 5. The summed E-state index contributed by atoms with van der Waals surface area (Å²) < 4.78 is 23.3. The first-order valence-electron chi connectivity index (χ1n) is 6.32. The average molecular weight is 274 g/mol. The highest BCUT2D eigenvalue weighted by atomic mass is 19.1. The smallest absolute Gasteiger partial charge is 0.138 e. The SMILES string of the molecule is Cc1noc(C)c1C(C#N)CCOc1ccc(F)cc1. The van der Waals surface area contributed by atoms with Crippen molar-refractivity contribution in [2.75, 3.05) is 6.61 Å². The fraction of sp³-hybridized carbons (Fsp3) is 0.333. The molecule has 0 saturated heterocycles. The molecule has 1 heterocycles. The Kier molecular flexibility index (Phi) is 4.36. The monoisotopic (exact) mass is 274 g/mol. The van der Waals surface area contributed by atoms with E-state index in [0.29, 0.717) is 24.5 Å². The van der Waals surface area contributed by atoms with Crippen LogP contribution in [0.3, 0.4) is 0 Å². The van der Waals surface area contributed by atoms with Gasteiger partial charge in [-0.2, -0.15) is 5.26 Å². The van der Waals surface area contributed by atoms with Crippen LogP contribution in [0, 0.1) is 31.0 Å². The van der Waals surface area contributed by atoms with E-state index in [-0.39, 0.29) is 11.7 Å². The van der Waals surface area contributed by atoms with E-state index in [9.17, 15) is 9.65 Å². The number of halogens is 1. The first-order valence-corrected chi connectivity index (χ1v) is 6.32. The zero-order valence-electron chi connectivity index (χ0n) is 11.4. The molecule has 0 aliphatic heterocycles. The van der Waals surface area contributed by atoms with Gasteiger partial charge in [0.05, 0.1) is 24.3 Å². The minimum atomic E-state index is -0.318. The summed E-state index contributed by atoms with van der Waals surface area (Å²) in [6.07, 6.45) is 0.525. The van der Waals surface area contributed by atoms with E-state index in [1.165, 1.54) is 12.1 Å². The maximum atomic E-state index is 12.8. The Morgan fingerprint density at radius 2 is 2.05 bits per heavy atom. The number of hydrogen-bond donors (Lipinski definition) is 0. The van der Waals surface area contributed by atoms with Gasteiger partial charge in [-0.15, -0.1) is 0 Å². The van der Waals surface area contributed by atoms with Crippen LogP contribution < -0.4 is 4.74 Å².